The largest absolute Gasteiger partial charge is 0.366 e. The van der Waals surface area contributed by atoms with Gasteiger partial charge < -0.3 is 9.80 Å². The molecule has 0 radical (unpaired) electrons. The zero-order chi connectivity index (χ0) is 26.9. The van der Waals surface area contributed by atoms with Crippen LogP contribution in [-0.2, 0) is 11.3 Å². The second kappa shape index (κ2) is 11.1. The predicted molar refractivity (Wildman–Crippen MR) is 151 cm³/mol. The summed E-state index contributed by atoms with van der Waals surface area (Å²) < 4.78 is 16.5. The summed E-state index contributed by atoms with van der Waals surface area (Å²) in [6, 6.07) is 8.75. The number of halogens is 1. The Morgan fingerprint density at radius 2 is 1.81 bits per heavy atom. The lowest BCUT2D eigenvalue weighted by Gasteiger charge is -2.39. The number of thioether (sulfide) groups is 1. The van der Waals surface area contributed by atoms with E-state index in [1.54, 1.807) is 34.6 Å². The topological polar surface area (TPSA) is 72.6 Å². The summed E-state index contributed by atoms with van der Waals surface area (Å²) in [6.45, 7) is 10.2. The number of amides is 1. The predicted octanol–water partition coefficient (Wildman–Crippen LogP) is 4.51. The number of thiocarbonyl (C=S) groups is 1. The van der Waals surface area contributed by atoms with Crippen LogP contribution in [0.1, 0.15) is 43.9 Å². The van der Waals surface area contributed by atoms with Crippen molar-refractivity contribution in [1.82, 2.24) is 9.47 Å². The fourth-order valence-corrected chi connectivity index (χ4v) is 6.26. The van der Waals surface area contributed by atoms with E-state index in [1.165, 1.54) is 17.8 Å². The Kier molecular flexibility index (Phi) is 8.05. The number of nitriles is 1. The lowest BCUT2D eigenvalue weighted by Crippen LogP contribution is -2.49. The van der Waals surface area contributed by atoms with Gasteiger partial charge in [-0.15, -0.1) is 0 Å². The van der Waals surface area contributed by atoms with Gasteiger partial charge in [-0.2, -0.15) is 5.26 Å². The van der Waals surface area contributed by atoms with Crippen LogP contribution in [0.5, 0.6) is 0 Å². The molecule has 1 amide bonds. The molecule has 2 saturated heterocycles. The Morgan fingerprint density at radius 3 is 2.41 bits per heavy atom. The van der Waals surface area contributed by atoms with Crippen LogP contribution in [0.3, 0.4) is 0 Å². The van der Waals surface area contributed by atoms with Crippen molar-refractivity contribution >= 4 is 51.8 Å². The number of aromatic nitrogens is 1. The highest BCUT2D eigenvalue weighted by Crippen LogP contribution is 2.37. The Bertz CT molecular complexity index is 1370. The van der Waals surface area contributed by atoms with Crippen LogP contribution >= 0.6 is 24.0 Å². The van der Waals surface area contributed by atoms with Gasteiger partial charge in [0.05, 0.1) is 10.6 Å². The summed E-state index contributed by atoms with van der Waals surface area (Å²) >= 11 is 6.75. The van der Waals surface area contributed by atoms with Gasteiger partial charge in [-0.25, -0.2) is 4.39 Å². The van der Waals surface area contributed by atoms with Crippen molar-refractivity contribution in [2.75, 3.05) is 36.0 Å². The van der Waals surface area contributed by atoms with Gasteiger partial charge in [0.1, 0.15) is 27.6 Å². The summed E-state index contributed by atoms with van der Waals surface area (Å²) in [5.41, 5.74) is 1.48. The number of carbonyl (C=O) groups is 1. The van der Waals surface area contributed by atoms with E-state index in [0.717, 1.165) is 6.42 Å². The third kappa shape index (κ3) is 4.90. The van der Waals surface area contributed by atoms with Crippen LogP contribution in [0, 0.1) is 24.1 Å². The quantitative estimate of drug-likeness (QED) is 0.395. The van der Waals surface area contributed by atoms with E-state index in [1.807, 2.05) is 31.7 Å². The van der Waals surface area contributed by atoms with Crippen molar-refractivity contribution in [3.63, 3.8) is 0 Å². The van der Waals surface area contributed by atoms with Crippen molar-refractivity contribution < 1.29 is 9.18 Å². The minimum absolute atomic E-state index is 0.0234. The number of anilines is 2. The molecule has 1 aromatic carbocycles. The molecule has 1 aromatic heterocycles. The molecule has 3 heterocycles. The number of nitrogens with zero attached hydrogens (tertiary/aromatic N) is 5. The monoisotopic (exact) mass is 539 g/mol. The molecule has 0 spiro atoms. The minimum Gasteiger partial charge on any atom is -0.366 e. The Labute approximate surface area is 226 Å². The molecule has 0 aliphatic carbocycles. The van der Waals surface area contributed by atoms with E-state index >= 15 is 0 Å². The second-order valence-corrected chi connectivity index (χ2v) is 10.8. The van der Waals surface area contributed by atoms with Crippen LogP contribution in [-0.4, -0.2) is 51.9 Å². The van der Waals surface area contributed by atoms with E-state index in [2.05, 4.69) is 11.0 Å². The number of rotatable bonds is 6. The first-order valence-corrected chi connectivity index (χ1v) is 13.6. The van der Waals surface area contributed by atoms with Gasteiger partial charge in [-0.1, -0.05) is 43.0 Å². The lowest BCUT2D eigenvalue weighted by atomic mass is 10.0. The maximum Gasteiger partial charge on any atom is 0.270 e. The second-order valence-electron chi connectivity index (χ2n) is 9.13. The van der Waals surface area contributed by atoms with Gasteiger partial charge in [0.25, 0.3) is 11.5 Å². The van der Waals surface area contributed by atoms with Gasteiger partial charge >= 0.3 is 0 Å². The molecule has 2 fully saturated rings. The van der Waals surface area contributed by atoms with Gasteiger partial charge in [-0.3, -0.25) is 19.1 Å². The molecule has 0 N–H and O–H groups in total. The normalized spacial score (nSPS) is 18.1. The number of piperazine rings is 1. The van der Waals surface area contributed by atoms with Gasteiger partial charge in [0.15, 0.2) is 0 Å². The van der Waals surface area contributed by atoms with Gasteiger partial charge in [0.2, 0.25) is 0 Å². The van der Waals surface area contributed by atoms with E-state index in [4.69, 9.17) is 12.2 Å². The summed E-state index contributed by atoms with van der Waals surface area (Å²) in [5, 5.41) is 9.79. The minimum atomic E-state index is -0.349. The third-order valence-corrected chi connectivity index (χ3v) is 8.40. The van der Waals surface area contributed by atoms with Crippen molar-refractivity contribution in [2.45, 2.75) is 46.7 Å². The van der Waals surface area contributed by atoms with Gasteiger partial charge in [-0.05, 0) is 51.0 Å². The number of hydrogen-bond donors (Lipinski definition) is 0. The number of carbonyl (C=O) groups excluding carboxylic acids is 1. The van der Waals surface area contributed by atoms with Crippen LogP contribution < -0.4 is 15.4 Å². The number of benzene rings is 1. The average Bonchev–Trinajstić information content (AvgIpc) is 3.18. The van der Waals surface area contributed by atoms with Gasteiger partial charge in [0, 0.05) is 44.3 Å². The number of para-hydroxylation sites is 1. The first-order valence-electron chi connectivity index (χ1n) is 12.4. The maximum atomic E-state index is 14.4. The molecule has 1 atom stereocenters. The molecule has 4 rings (SSSR count). The van der Waals surface area contributed by atoms with Crippen molar-refractivity contribution in [1.29, 1.82) is 5.26 Å². The molecular weight excluding hydrogens is 509 g/mol. The van der Waals surface area contributed by atoms with Crippen molar-refractivity contribution in [3.8, 4) is 6.07 Å². The molecule has 7 nitrogen and oxygen atoms in total. The fraction of sp³-hybridized carbons (Fsp3) is 0.407. The molecule has 2 aromatic rings. The average molecular weight is 540 g/mol. The number of pyridine rings is 1. The zero-order valence-corrected chi connectivity index (χ0v) is 23.1. The SMILES string of the molecule is CCC(C)N1C(=O)/C(=C/c2c(C)c(C#N)c(=O)n(CC)c2N2CCN(c3ccccc3F)CC2)SC1=S. The van der Waals surface area contributed by atoms with Crippen LogP contribution in [0.15, 0.2) is 34.0 Å². The molecule has 194 valence electrons. The lowest BCUT2D eigenvalue weighted by molar-refractivity contribution is -0.123. The Balaban J connectivity index is 1.78. The molecular formula is C27H30FN5O2S2. The molecule has 0 saturated carbocycles. The first-order chi connectivity index (χ1) is 17.7. The van der Waals surface area contributed by atoms with Crippen LogP contribution in [0.2, 0.25) is 0 Å². The van der Waals surface area contributed by atoms with Crippen LogP contribution in [0.4, 0.5) is 15.9 Å². The summed E-state index contributed by atoms with van der Waals surface area (Å²) in [7, 11) is 0. The molecule has 1 unspecified atom stereocenters. The highest BCUT2D eigenvalue weighted by Gasteiger charge is 2.36. The number of hydrogen-bond acceptors (Lipinski definition) is 7. The molecule has 2 aliphatic rings. The van der Waals surface area contributed by atoms with E-state index < -0.39 is 0 Å². The van der Waals surface area contributed by atoms with E-state index in [-0.39, 0.29) is 28.9 Å². The molecule has 2 aliphatic heterocycles. The Morgan fingerprint density at radius 1 is 1.16 bits per heavy atom. The summed E-state index contributed by atoms with van der Waals surface area (Å²) in [4.78, 5) is 32.8. The zero-order valence-electron chi connectivity index (χ0n) is 21.5. The molecule has 37 heavy (non-hydrogen) atoms. The molecule has 0 bridgehead atoms. The summed E-state index contributed by atoms with van der Waals surface area (Å²) in [6.07, 6.45) is 2.55. The first kappa shape index (κ1) is 26.9. The molecule has 10 heteroatoms. The van der Waals surface area contributed by atoms with E-state index in [0.29, 0.717) is 64.6 Å². The van der Waals surface area contributed by atoms with Crippen molar-refractivity contribution in [3.05, 3.63) is 62.0 Å². The van der Waals surface area contributed by atoms with E-state index in [9.17, 15) is 19.2 Å². The summed E-state index contributed by atoms with van der Waals surface area (Å²) in [5.74, 6) is 0.248. The van der Waals surface area contributed by atoms with Crippen LogP contribution in [0.25, 0.3) is 6.08 Å². The smallest absolute Gasteiger partial charge is 0.270 e. The van der Waals surface area contributed by atoms with Crippen molar-refractivity contribution in [2.24, 2.45) is 0 Å². The fourth-order valence-electron chi connectivity index (χ4n) is 4.82. The third-order valence-electron chi connectivity index (χ3n) is 7.07. The highest BCUT2D eigenvalue weighted by atomic mass is 32.2. The maximum absolute atomic E-state index is 14.4. The Hall–Kier alpha value is -3.16. The highest BCUT2D eigenvalue weighted by molar-refractivity contribution is 8.26. The standard InChI is InChI=1S/C27H30FN5O2S2/c1-5-17(3)33-26(35)23(37-27(33)36)15-19-18(4)20(16-29)25(34)32(6-2)24(19)31-13-11-30(12-14-31)22-10-8-7-9-21(22)28/h7-10,15,17H,5-6,11-14H2,1-4H3/b23-15-.